The molecule has 4 aliphatic carbocycles. The van der Waals surface area contributed by atoms with E-state index in [1.165, 1.54) is 44.9 Å². The minimum Gasteiger partial charge on any atom is -0.295 e. The van der Waals surface area contributed by atoms with Crippen molar-refractivity contribution in [1.29, 1.82) is 0 Å². The highest BCUT2D eigenvalue weighted by atomic mass is 19.1. The van der Waals surface area contributed by atoms with Gasteiger partial charge < -0.3 is 0 Å². The van der Waals surface area contributed by atoms with Gasteiger partial charge in [-0.05, 0) is 85.0 Å². The van der Waals surface area contributed by atoms with Gasteiger partial charge in [0.15, 0.2) is 5.78 Å². The minimum absolute atomic E-state index is 0.0729. The van der Waals surface area contributed by atoms with Crippen LogP contribution in [0.1, 0.15) is 98.8 Å². The van der Waals surface area contributed by atoms with Crippen LogP contribution in [0.3, 0.4) is 0 Å². The van der Waals surface area contributed by atoms with Gasteiger partial charge in [-0.15, -0.1) is 0 Å². The lowest BCUT2D eigenvalue weighted by molar-refractivity contribution is -0.134. The number of carbonyl (C=O) groups excluding carboxylic acids is 1. The number of allylic oxidation sites excluding steroid dienone is 2. The number of rotatable bonds is 5. The number of halogens is 1. The molecule has 0 N–H and O–H groups in total. The number of alkyl halides is 1. The molecule has 3 saturated carbocycles. The van der Waals surface area contributed by atoms with Gasteiger partial charge in [-0.1, -0.05) is 59.5 Å². The number of hydrogen-bond acceptors (Lipinski definition) is 1. The molecule has 4 rings (SSSR count). The summed E-state index contributed by atoms with van der Waals surface area (Å²) in [5.41, 5.74) is 1.54. The molecule has 0 unspecified atom stereocenters. The van der Waals surface area contributed by atoms with Crippen molar-refractivity contribution in [3.63, 3.8) is 0 Å². The molecule has 1 nitrogen and oxygen atoms in total. The van der Waals surface area contributed by atoms with Gasteiger partial charge in [0, 0.05) is 12.3 Å². The number of carbonyl (C=O) groups is 1. The lowest BCUT2D eigenvalue weighted by Gasteiger charge is -2.57. The Kier molecular flexibility index (Phi) is 5.79. The predicted molar refractivity (Wildman–Crippen MR) is 118 cm³/mol. The maximum Gasteiger partial charge on any atom is 0.159 e. The standard InChI is InChI=1S/C27H43FO/c1-17(2)7-6-8-18(3)21-9-10-22-25-23(12-14-27(21,22)5)26(4)13-11-20(28)15-19(26)16-24(25)29/h16-18,20-23,25H,6-15H2,1-5H3/t18-,20+,21-,22+,23+,25+,26+,27-/m1/s1. The zero-order valence-corrected chi connectivity index (χ0v) is 19.5. The summed E-state index contributed by atoms with van der Waals surface area (Å²) in [6.07, 6.45) is 12.3. The van der Waals surface area contributed by atoms with E-state index in [1.807, 2.05) is 6.08 Å². The van der Waals surface area contributed by atoms with Crippen molar-refractivity contribution < 1.29 is 9.18 Å². The zero-order chi connectivity index (χ0) is 21.0. The van der Waals surface area contributed by atoms with Crippen LogP contribution in [0.2, 0.25) is 0 Å². The molecular weight excluding hydrogens is 359 g/mol. The lowest BCUT2D eigenvalue weighted by Crippen LogP contribution is -2.53. The quantitative estimate of drug-likeness (QED) is 0.464. The van der Waals surface area contributed by atoms with E-state index < -0.39 is 6.17 Å². The average Bonchev–Trinajstić information content (AvgIpc) is 3.00. The minimum atomic E-state index is -0.741. The summed E-state index contributed by atoms with van der Waals surface area (Å²) in [6.45, 7) is 12.0. The highest BCUT2D eigenvalue weighted by Crippen LogP contribution is 2.66. The maximum atomic E-state index is 14.1. The van der Waals surface area contributed by atoms with Gasteiger partial charge in [0.05, 0.1) is 0 Å². The molecule has 8 atom stereocenters. The van der Waals surface area contributed by atoms with Crippen LogP contribution in [0, 0.1) is 46.3 Å². The Morgan fingerprint density at radius 1 is 1.03 bits per heavy atom. The summed E-state index contributed by atoms with van der Waals surface area (Å²) >= 11 is 0. The lowest BCUT2D eigenvalue weighted by atomic mass is 9.46. The molecule has 164 valence electrons. The van der Waals surface area contributed by atoms with Crippen LogP contribution >= 0.6 is 0 Å². The summed E-state index contributed by atoms with van der Waals surface area (Å²) in [5, 5.41) is 0. The van der Waals surface area contributed by atoms with Gasteiger partial charge in [-0.2, -0.15) is 0 Å². The topological polar surface area (TPSA) is 17.1 Å². The molecule has 0 aromatic carbocycles. The Labute approximate surface area is 178 Å². The number of hydrogen-bond donors (Lipinski definition) is 0. The zero-order valence-electron chi connectivity index (χ0n) is 19.5. The summed E-state index contributed by atoms with van der Waals surface area (Å²) < 4.78 is 14.1. The molecule has 0 radical (unpaired) electrons. The van der Waals surface area contributed by atoms with E-state index in [4.69, 9.17) is 0 Å². The van der Waals surface area contributed by atoms with E-state index in [2.05, 4.69) is 34.6 Å². The molecule has 0 heterocycles. The van der Waals surface area contributed by atoms with Crippen molar-refractivity contribution in [3.8, 4) is 0 Å². The van der Waals surface area contributed by atoms with E-state index in [0.29, 0.717) is 35.9 Å². The van der Waals surface area contributed by atoms with Crippen molar-refractivity contribution in [1.82, 2.24) is 0 Å². The summed E-state index contributed by atoms with van der Waals surface area (Å²) in [7, 11) is 0. The largest absolute Gasteiger partial charge is 0.295 e. The van der Waals surface area contributed by atoms with Crippen molar-refractivity contribution in [3.05, 3.63) is 11.6 Å². The smallest absolute Gasteiger partial charge is 0.159 e. The first kappa shape index (κ1) is 21.6. The van der Waals surface area contributed by atoms with Crippen molar-refractivity contribution in [2.24, 2.45) is 46.3 Å². The van der Waals surface area contributed by atoms with E-state index in [-0.39, 0.29) is 11.3 Å². The van der Waals surface area contributed by atoms with Crippen LogP contribution < -0.4 is 0 Å². The van der Waals surface area contributed by atoms with Gasteiger partial charge in [0.25, 0.3) is 0 Å². The fraction of sp³-hybridized carbons (Fsp3) is 0.889. The molecule has 4 aliphatic rings. The van der Waals surface area contributed by atoms with Gasteiger partial charge in [-0.3, -0.25) is 4.79 Å². The molecule has 0 saturated heterocycles. The van der Waals surface area contributed by atoms with Crippen molar-refractivity contribution in [2.45, 2.75) is 105 Å². The van der Waals surface area contributed by atoms with Crippen LogP contribution in [0.4, 0.5) is 4.39 Å². The molecular formula is C27H43FO. The fourth-order valence-corrected chi connectivity index (χ4v) is 8.38. The molecule has 0 amide bonds. The second-order valence-electron chi connectivity index (χ2n) is 12.1. The molecule has 29 heavy (non-hydrogen) atoms. The first-order chi connectivity index (χ1) is 13.7. The Morgan fingerprint density at radius 2 is 1.79 bits per heavy atom. The maximum absolute atomic E-state index is 14.1. The molecule has 0 aliphatic heterocycles. The average molecular weight is 403 g/mol. The van der Waals surface area contributed by atoms with E-state index in [1.54, 1.807) is 0 Å². The van der Waals surface area contributed by atoms with Crippen LogP contribution in [0.25, 0.3) is 0 Å². The molecule has 2 heteroatoms. The first-order valence-corrected chi connectivity index (χ1v) is 12.6. The highest BCUT2D eigenvalue weighted by molar-refractivity contribution is 5.94. The normalized spacial score (nSPS) is 45.4. The molecule has 3 fully saturated rings. The van der Waals surface area contributed by atoms with Gasteiger partial charge in [0.2, 0.25) is 0 Å². The van der Waals surface area contributed by atoms with Gasteiger partial charge >= 0.3 is 0 Å². The second kappa shape index (κ2) is 7.79. The fourth-order valence-electron chi connectivity index (χ4n) is 8.38. The SMILES string of the molecule is CC(C)CCC[C@@H](C)[C@H]1CC[C@H]2[C@@H]3C(=O)C=C4C[C@@H](F)CC[C@]4(C)[C@H]3CC[C@]12C. The third kappa shape index (κ3) is 3.55. The van der Waals surface area contributed by atoms with Crippen LogP contribution in [0.5, 0.6) is 0 Å². The monoisotopic (exact) mass is 402 g/mol. The predicted octanol–water partition coefficient (Wildman–Crippen LogP) is 7.54. The third-order valence-corrected chi connectivity index (χ3v) is 10.1. The second-order valence-corrected chi connectivity index (χ2v) is 12.1. The van der Waals surface area contributed by atoms with Crippen LogP contribution in [-0.4, -0.2) is 12.0 Å². The Hall–Kier alpha value is -0.660. The Morgan fingerprint density at radius 3 is 2.52 bits per heavy atom. The van der Waals surface area contributed by atoms with Crippen molar-refractivity contribution in [2.75, 3.05) is 0 Å². The summed E-state index contributed by atoms with van der Waals surface area (Å²) in [4.78, 5) is 13.3. The van der Waals surface area contributed by atoms with Crippen LogP contribution in [-0.2, 0) is 4.79 Å². The van der Waals surface area contributed by atoms with E-state index in [9.17, 15) is 9.18 Å². The first-order valence-electron chi connectivity index (χ1n) is 12.6. The third-order valence-electron chi connectivity index (χ3n) is 10.1. The highest BCUT2D eigenvalue weighted by Gasteiger charge is 2.61. The van der Waals surface area contributed by atoms with E-state index in [0.717, 1.165) is 29.7 Å². The molecule has 0 spiro atoms. The summed E-state index contributed by atoms with van der Waals surface area (Å²) in [5.74, 6) is 3.88. The van der Waals surface area contributed by atoms with Gasteiger partial charge in [-0.25, -0.2) is 4.39 Å². The molecule has 0 aromatic heterocycles. The van der Waals surface area contributed by atoms with Crippen LogP contribution in [0.15, 0.2) is 11.6 Å². The van der Waals surface area contributed by atoms with Crippen molar-refractivity contribution >= 4 is 5.78 Å². The Balaban J connectivity index is 1.54. The molecule has 0 aromatic rings. The number of fused-ring (bicyclic) bond motifs is 5. The number of ketones is 1. The molecule has 0 bridgehead atoms. The Bertz CT molecular complexity index is 665. The van der Waals surface area contributed by atoms with Gasteiger partial charge in [0.1, 0.15) is 6.17 Å². The van der Waals surface area contributed by atoms with E-state index >= 15 is 0 Å². The summed E-state index contributed by atoms with van der Waals surface area (Å²) in [6, 6.07) is 0.